The van der Waals surface area contributed by atoms with E-state index in [4.69, 9.17) is 9.97 Å². The van der Waals surface area contributed by atoms with E-state index in [0.717, 1.165) is 48.6 Å². The van der Waals surface area contributed by atoms with Gasteiger partial charge in [0.05, 0.1) is 17.2 Å². The second-order valence-corrected chi connectivity index (χ2v) is 9.12. The average molecular weight is 458 g/mol. The summed E-state index contributed by atoms with van der Waals surface area (Å²) in [6.45, 7) is 5.04. The highest BCUT2D eigenvalue weighted by Gasteiger charge is 2.30. The summed E-state index contributed by atoms with van der Waals surface area (Å²) in [5, 5.41) is 11.2. The standard InChI is InChI=1S/C26H27N5O3/c1-18-10-13-29(14-11-18)25-22-17-30(26(32)20-8-5-9-21(16-20)31(33)34)15-12-23(22)27-24(28-25)19-6-3-2-4-7-19/h2-9,16,18H,10-15,17H2,1H3. The summed E-state index contributed by atoms with van der Waals surface area (Å²) in [4.78, 5) is 37.9. The van der Waals surface area contributed by atoms with Gasteiger partial charge in [-0.15, -0.1) is 0 Å². The fourth-order valence-corrected chi connectivity index (χ4v) is 4.70. The number of nitro groups is 1. The molecule has 0 radical (unpaired) electrons. The summed E-state index contributed by atoms with van der Waals surface area (Å²) >= 11 is 0. The zero-order chi connectivity index (χ0) is 23.7. The Morgan fingerprint density at radius 3 is 2.53 bits per heavy atom. The van der Waals surface area contributed by atoms with E-state index in [-0.39, 0.29) is 11.6 Å². The minimum atomic E-state index is -0.476. The van der Waals surface area contributed by atoms with Gasteiger partial charge in [-0.2, -0.15) is 0 Å². The molecule has 0 unspecified atom stereocenters. The van der Waals surface area contributed by atoms with Gasteiger partial charge in [-0.3, -0.25) is 14.9 Å². The highest BCUT2D eigenvalue weighted by Crippen LogP contribution is 2.32. The Labute approximate surface area is 198 Å². The number of carbonyl (C=O) groups is 1. The Bertz CT molecular complexity index is 1220. The van der Waals surface area contributed by atoms with E-state index < -0.39 is 4.92 Å². The number of anilines is 1. The van der Waals surface area contributed by atoms with E-state index in [1.807, 2.05) is 30.3 Å². The number of hydrogen-bond donors (Lipinski definition) is 0. The molecule has 5 rings (SSSR count). The first-order valence-corrected chi connectivity index (χ1v) is 11.7. The molecule has 0 N–H and O–H groups in total. The van der Waals surface area contributed by atoms with Gasteiger partial charge in [-0.05, 0) is 24.8 Å². The van der Waals surface area contributed by atoms with Crippen LogP contribution in [0.3, 0.4) is 0 Å². The van der Waals surface area contributed by atoms with E-state index in [9.17, 15) is 14.9 Å². The van der Waals surface area contributed by atoms with Gasteiger partial charge >= 0.3 is 0 Å². The zero-order valence-electron chi connectivity index (χ0n) is 19.2. The minimum absolute atomic E-state index is 0.0813. The van der Waals surface area contributed by atoms with Crippen molar-refractivity contribution in [2.45, 2.75) is 32.7 Å². The van der Waals surface area contributed by atoms with Crippen molar-refractivity contribution in [2.24, 2.45) is 5.92 Å². The van der Waals surface area contributed by atoms with E-state index in [1.165, 1.54) is 12.1 Å². The summed E-state index contributed by atoms with van der Waals surface area (Å²) in [6.07, 6.45) is 2.83. The number of nitrogens with zero attached hydrogens (tertiary/aromatic N) is 5. The SMILES string of the molecule is CC1CCN(c2nc(-c3ccccc3)nc3c2CN(C(=O)c2cccc([N+](=O)[O-])c2)CC3)CC1. The Balaban J connectivity index is 1.50. The summed E-state index contributed by atoms with van der Waals surface area (Å²) in [5.41, 5.74) is 3.19. The van der Waals surface area contributed by atoms with Crippen LogP contribution in [0.1, 0.15) is 41.4 Å². The highest BCUT2D eigenvalue weighted by atomic mass is 16.6. The first-order chi connectivity index (χ1) is 16.5. The van der Waals surface area contributed by atoms with Crippen molar-refractivity contribution in [2.75, 3.05) is 24.5 Å². The molecular formula is C26H27N5O3. The number of amides is 1. The van der Waals surface area contributed by atoms with Crippen LogP contribution in [0.2, 0.25) is 0 Å². The van der Waals surface area contributed by atoms with Gasteiger partial charge < -0.3 is 9.80 Å². The van der Waals surface area contributed by atoms with Crippen LogP contribution in [0.5, 0.6) is 0 Å². The van der Waals surface area contributed by atoms with Crippen LogP contribution in [0.4, 0.5) is 11.5 Å². The van der Waals surface area contributed by atoms with Gasteiger partial charge in [0.1, 0.15) is 5.82 Å². The van der Waals surface area contributed by atoms with Gasteiger partial charge in [0, 0.05) is 54.9 Å². The summed E-state index contributed by atoms with van der Waals surface area (Å²) in [7, 11) is 0. The fourth-order valence-electron chi connectivity index (χ4n) is 4.70. The number of piperidine rings is 1. The number of hydrogen-bond acceptors (Lipinski definition) is 6. The third-order valence-electron chi connectivity index (χ3n) is 6.74. The van der Waals surface area contributed by atoms with Crippen LogP contribution in [-0.2, 0) is 13.0 Å². The molecule has 0 saturated carbocycles. The van der Waals surface area contributed by atoms with E-state index in [1.54, 1.807) is 17.0 Å². The van der Waals surface area contributed by atoms with E-state index in [2.05, 4.69) is 11.8 Å². The number of aromatic nitrogens is 2. The van der Waals surface area contributed by atoms with Crippen molar-refractivity contribution in [3.8, 4) is 11.4 Å². The predicted octanol–water partition coefficient (Wildman–Crippen LogP) is 4.49. The molecule has 8 nitrogen and oxygen atoms in total. The molecule has 2 aliphatic rings. The largest absolute Gasteiger partial charge is 0.356 e. The number of fused-ring (bicyclic) bond motifs is 1. The number of carbonyl (C=O) groups excluding carboxylic acids is 1. The summed E-state index contributed by atoms with van der Waals surface area (Å²) in [6, 6.07) is 15.9. The number of nitro benzene ring substituents is 1. The summed E-state index contributed by atoms with van der Waals surface area (Å²) in [5.74, 6) is 2.10. The van der Waals surface area contributed by atoms with Crippen LogP contribution >= 0.6 is 0 Å². The Morgan fingerprint density at radius 1 is 1.03 bits per heavy atom. The second kappa shape index (κ2) is 9.21. The predicted molar refractivity (Wildman–Crippen MR) is 130 cm³/mol. The van der Waals surface area contributed by atoms with Gasteiger partial charge in [-0.25, -0.2) is 9.97 Å². The lowest BCUT2D eigenvalue weighted by molar-refractivity contribution is -0.384. The molecule has 3 aromatic rings. The van der Waals surface area contributed by atoms with Crippen LogP contribution < -0.4 is 4.90 Å². The monoisotopic (exact) mass is 457 g/mol. The number of rotatable bonds is 4. The van der Waals surface area contributed by atoms with Crippen molar-refractivity contribution < 1.29 is 9.72 Å². The second-order valence-electron chi connectivity index (χ2n) is 9.12. The van der Waals surface area contributed by atoms with Gasteiger partial charge in [0.15, 0.2) is 5.82 Å². The van der Waals surface area contributed by atoms with Gasteiger partial charge in [-0.1, -0.05) is 43.3 Å². The maximum atomic E-state index is 13.3. The fraction of sp³-hybridized carbons (Fsp3) is 0.346. The average Bonchev–Trinajstić information content (AvgIpc) is 2.88. The Morgan fingerprint density at radius 2 is 1.79 bits per heavy atom. The maximum Gasteiger partial charge on any atom is 0.270 e. The zero-order valence-corrected chi connectivity index (χ0v) is 19.2. The normalized spacial score (nSPS) is 16.3. The maximum absolute atomic E-state index is 13.3. The van der Waals surface area contributed by atoms with Gasteiger partial charge in [0.25, 0.3) is 11.6 Å². The van der Waals surface area contributed by atoms with Crippen molar-refractivity contribution in [1.29, 1.82) is 0 Å². The molecule has 1 fully saturated rings. The quantitative estimate of drug-likeness (QED) is 0.423. The molecule has 0 atom stereocenters. The number of non-ortho nitro benzene ring substituents is 1. The molecular weight excluding hydrogens is 430 g/mol. The first kappa shape index (κ1) is 22.0. The lowest BCUT2D eigenvalue weighted by Gasteiger charge is -2.36. The molecule has 1 aromatic heterocycles. The van der Waals surface area contributed by atoms with Crippen molar-refractivity contribution in [3.63, 3.8) is 0 Å². The summed E-state index contributed by atoms with van der Waals surface area (Å²) < 4.78 is 0. The number of benzene rings is 2. The third-order valence-corrected chi connectivity index (χ3v) is 6.74. The van der Waals surface area contributed by atoms with Crippen molar-refractivity contribution in [3.05, 3.63) is 81.5 Å². The Kier molecular flexibility index (Phi) is 5.96. The van der Waals surface area contributed by atoms with E-state index in [0.29, 0.717) is 36.8 Å². The molecule has 3 heterocycles. The van der Waals surface area contributed by atoms with E-state index >= 15 is 0 Å². The topological polar surface area (TPSA) is 92.5 Å². The molecule has 2 aliphatic heterocycles. The highest BCUT2D eigenvalue weighted by molar-refractivity contribution is 5.95. The lowest BCUT2D eigenvalue weighted by atomic mass is 9.97. The molecule has 8 heteroatoms. The Hall–Kier alpha value is -3.81. The van der Waals surface area contributed by atoms with Crippen LogP contribution in [0.25, 0.3) is 11.4 Å². The van der Waals surface area contributed by atoms with Crippen molar-refractivity contribution >= 4 is 17.4 Å². The molecule has 0 spiro atoms. The molecule has 0 bridgehead atoms. The molecule has 1 amide bonds. The molecule has 34 heavy (non-hydrogen) atoms. The molecule has 0 aliphatic carbocycles. The van der Waals surface area contributed by atoms with Gasteiger partial charge in [0.2, 0.25) is 0 Å². The smallest absolute Gasteiger partial charge is 0.270 e. The molecule has 174 valence electrons. The van der Waals surface area contributed by atoms with Crippen LogP contribution in [0.15, 0.2) is 54.6 Å². The van der Waals surface area contributed by atoms with Crippen LogP contribution in [-0.4, -0.2) is 45.3 Å². The van der Waals surface area contributed by atoms with Crippen molar-refractivity contribution in [1.82, 2.24) is 14.9 Å². The first-order valence-electron chi connectivity index (χ1n) is 11.7. The molecule has 2 aromatic carbocycles. The lowest BCUT2D eigenvalue weighted by Crippen LogP contribution is -2.40. The molecule has 1 saturated heterocycles. The van der Waals surface area contributed by atoms with Crippen LogP contribution in [0, 0.1) is 16.0 Å². The minimum Gasteiger partial charge on any atom is -0.356 e. The third kappa shape index (κ3) is 4.35.